The minimum absolute atomic E-state index is 0.0571. The van der Waals surface area contributed by atoms with E-state index in [9.17, 15) is 17.6 Å². The molecule has 1 aliphatic heterocycles. The molecule has 8 nitrogen and oxygen atoms in total. The number of sulfonamides is 1. The highest BCUT2D eigenvalue weighted by Gasteiger charge is 2.29. The van der Waals surface area contributed by atoms with E-state index in [4.69, 9.17) is 9.47 Å². The summed E-state index contributed by atoms with van der Waals surface area (Å²) in [4.78, 5) is 14.4. The van der Waals surface area contributed by atoms with E-state index in [1.165, 1.54) is 23.5 Å². The molecule has 0 bridgehead atoms. The lowest BCUT2D eigenvalue weighted by Crippen LogP contribution is -2.50. The zero-order chi connectivity index (χ0) is 21.7. The molecule has 0 aliphatic carbocycles. The maximum Gasteiger partial charge on any atom is 0.243 e. The quantitative estimate of drug-likeness (QED) is 0.711. The molecule has 1 fully saturated rings. The summed E-state index contributed by atoms with van der Waals surface area (Å²) in [6.07, 6.45) is 0. The number of carbonyl (C=O) groups excluding carboxylic acids is 1. The molecule has 0 spiro atoms. The van der Waals surface area contributed by atoms with Crippen LogP contribution in [-0.4, -0.2) is 70.5 Å². The summed E-state index contributed by atoms with van der Waals surface area (Å²) in [6.45, 7) is 1.44. The summed E-state index contributed by atoms with van der Waals surface area (Å²) >= 11 is 0. The monoisotopic (exact) mass is 437 g/mol. The number of benzene rings is 2. The van der Waals surface area contributed by atoms with E-state index in [-0.39, 0.29) is 30.4 Å². The fourth-order valence-electron chi connectivity index (χ4n) is 3.18. The topological polar surface area (TPSA) is 88.2 Å². The average Bonchev–Trinajstić information content (AvgIpc) is 2.74. The van der Waals surface area contributed by atoms with Crippen LogP contribution in [0.2, 0.25) is 0 Å². The smallest absolute Gasteiger partial charge is 0.243 e. The molecule has 0 radical (unpaired) electrons. The van der Waals surface area contributed by atoms with Gasteiger partial charge in [-0.3, -0.25) is 9.69 Å². The van der Waals surface area contributed by atoms with Gasteiger partial charge < -0.3 is 14.8 Å². The van der Waals surface area contributed by atoms with Gasteiger partial charge in [0.05, 0.1) is 31.3 Å². The summed E-state index contributed by atoms with van der Waals surface area (Å²) in [5.74, 6) is 0.382. The van der Waals surface area contributed by atoms with Crippen LogP contribution in [0.15, 0.2) is 47.4 Å². The largest absolute Gasteiger partial charge is 0.497 e. The minimum Gasteiger partial charge on any atom is -0.497 e. The molecule has 1 amide bonds. The van der Waals surface area contributed by atoms with E-state index in [2.05, 4.69) is 5.32 Å². The maximum absolute atomic E-state index is 13.1. The van der Waals surface area contributed by atoms with Crippen molar-refractivity contribution in [2.45, 2.75) is 4.90 Å². The number of amides is 1. The van der Waals surface area contributed by atoms with Crippen molar-refractivity contribution in [2.75, 3.05) is 52.3 Å². The predicted molar refractivity (Wildman–Crippen MR) is 110 cm³/mol. The zero-order valence-corrected chi connectivity index (χ0v) is 17.6. The Balaban J connectivity index is 1.55. The van der Waals surface area contributed by atoms with Gasteiger partial charge in [0.15, 0.2) is 0 Å². The van der Waals surface area contributed by atoms with E-state index in [0.717, 1.165) is 12.1 Å². The van der Waals surface area contributed by atoms with E-state index in [1.807, 2.05) is 4.90 Å². The molecular formula is C20H24FN3O5S. The van der Waals surface area contributed by atoms with Crippen LogP contribution in [0, 0.1) is 5.82 Å². The van der Waals surface area contributed by atoms with Crippen molar-refractivity contribution in [3.8, 4) is 11.5 Å². The molecule has 0 atom stereocenters. The summed E-state index contributed by atoms with van der Waals surface area (Å²) in [5, 5.41) is 2.80. The van der Waals surface area contributed by atoms with Crippen LogP contribution in [0.5, 0.6) is 11.5 Å². The highest BCUT2D eigenvalue weighted by Crippen LogP contribution is 2.29. The first-order chi connectivity index (χ1) is 14.3. The number of nitrogens with one attached hydrogen (secondary N) is 1. The van der Waals surface area contributed by atoms with Crippen LogP contribution in [0.1, 0.15) is 0 Å². The van der Waals surface area contributed by atoms with Gasteiger partial charge in [0, 0.05) is 32.2 Å². The molecule has 2 aromatic rings. The van der Waals surface area contributed by atoms with Gasteiger partial charge in [0.1, 0.15) is 17.3 Å². The maximum atomic E-state index is 13.1. The highest BCUT2D eigenvalue weighted by atomic mass is 32.2. The summed E-state index contributed by atoms with van der Waals surface area (Å²) in [6, 6.07) is 9.86. The Morgan fingerprint density at radius 2 is 1.70 bits per heavy atom. The fourth-order valence-corrected chi connectivity index (χ4v) is 4.60. The molecule has 162 valence electrons. The molecule has 3 rings (SSSR count). The number of hydrogen-bond acceptors (Lipinski definition) is 6. The van der Waals surface area contributed by atoms with Crippen LogP contribution >= 0.6 is 0 Å². The molecule has 30 heavy (non-hydrogen) atoms. The number of rotatable bonds is 7. The first kappa shape index (κ1) is 22.0. The molecule has 0 unspecified atom stereocenters. The number of methoxy groups -OCH3 is 2. The summed E-state index contributed by atoms with van der Waals surface area (Å²) in [5.41, 5.74) is 0.529. The molecule has 10 heteroatoms. The van der Waals surface area contributed by atoms with Gasteiger partial charge in [-0.05, 0) is 36.4 Å². The lowest BCUT2D eigenvalue weighted by Gasteiger charge is -2.33. The molecule has 0 saturated carbocycles. The summed E-state index contributed by atoms with van der Waals surface area (Å²) in [7, 11) is -0.634. The van der Waals surface area contributed by atoms with Crippen LogP contribution in [0.25, 0.3) is 0 Å². The number of carbonyl (C=O) groups is 1. The van der Waals surface area contributed by atoms with Gasteiger partial charge in [-0.25, -0.2) is 12.8 Å². The van der Waals surface area contributed by atoms with Crippen LogP contribution < -0.4 is 14.8 Å². The lowest BCUT2D eigenvalue weighted by molar-refractivity contribution is -0.117. The third kappa shape index (κ3) is 5.07. The van der Waals surface area contributed by atoms with Crippen molar-refractivity contribution in [1.29, 1.82) is 0 Å². The van der Waals surface area contributed by atoms with E-state index >= 15 is 0 Å². The molecular weight excluding hydrogens is 413 g/mol. The van der Waals surface area contributed by atoms with Gasteiger partial charge in [-0.15, -0.1) is 0 Å². The fraction of sp³-hybridized carbons (Fsp3) is 0.350. The van der Waals surface area contributed by atoms with Gasteiger partial charge >= 0.3 is 0 Å². The normalized spacial score (nSPS) is 15.6. The van der Waals surface area contributed by atoms with Crippen LogP contribution in [0.4, 0.5) is 10.1 Å². The Morgan fingerprint density at radius 1 is 1.03 bits per heavy atom. The van der Waals surface area contributed by atoms with E-state index in [0.29, 0.717) is 30.3 Å². The number of piperazine rings is 1. The van der Waals surface area contributed by atoms with Crippen molar-refractivity contribution < 1.29 is 27.1 Å². The third-order valence-corrected chi connectivity index (χ3v) is 6.75. The molecule has 1 N–H and O–H groups in total. The van der Waals surface area contributed by atoms with Gasteiger partial charge in [-0.2, -0.15) is 4.31 Å². The number of nitrogens with zero attached hydrogens (tertiary/aromatic N) is 2. The standard InChI is InChI=1S/C20H24FN3O5S/c1-28-16-5-8-18(19(13-16)29-2)22-20(25)14-23-9-11-24(12-10-23)30(26,27)17-6-3-15(21)4-7-17/h3-8,13H,9-12,14H2,1-2H3,(H,22,25). The zero-order valence-electron chi connectivity index (χ0n) is 16.8. The molecule has 1 heterocycles. The van der Waals surface area contributed by atoms with Crippen molar-refractivity contribution in [3.05, 3.63) is 48.3 Å². The Kier molecular flexibility index (Phi) is 6.91. The molecule has 2 aromatic carbocycles. The minimum atomic E-state index is -3.68. The predicted octanol–water partition coefficient (Wildman–Crippen LogP) is 1.79. The van der Waals surface area contributed by atoms with Crippen LogP contribution in [0.3, 0.4) is 0 Å². The number of anilines is 1. The Hall–Kier alpha value is -2.69. The average molecular weight is 437 g/mol. The SMILES string of the molecule is COc1ccc(NC(=O)CN2CCN(S(=O)(=O)c3ccc(F)cc3)CC2)c(OC)c1. The van der Waals surface area contributed by atoms with Crippen molar-refractivity contribution in [3.63, 3.8) is 0 Å². The number of ether oxygens (including phenoxy) is 2. The van der Waals surface area contributed by atoms with E-state index in [1.54, 1.807) is 25.3 Å². The second-order valence-electron chi connectivity index (χ2n) is 6.75. The second-order valence-corrected chi connectivity index (χ2v) is 8.69. The van der Waals surface area contributed by atoms with Crippen molar-refractivity contribution >= 4 is 21.6 Å². The first-order valence-electron chi connectivity index (χ1n) is 9.33. The number of halogens is 1. The molecule has 1 aliphatic rings. The van der Waals surface area contributed by atoms with Crippen molar-refractivity contribution in [1.82, 2.24) is 9.21 Å². The number of hydrogen-bond donors (Lipinski definition) is 1. The van der Waals surface area contributed by atoms with Gasteiger partial charge in [-0.1, -0.05) is 0 Å². The third-order valence-electron chi connectivity index (χ3n) is 4.83. The highest BCUT2D eigenvalue weighted by molar-refractivity contribution is 7.89. The second kappa shape index (κ2) is 9.41. The summed E-state index contributed by atoms with van der Waals surface area (Å²) < 4.78 is 50.2. The Morgan fingerprint density at radius 3 is 2.30 bits per heavy atom. The van der Waals surface area contributed by atoms with Gasteiger partial charge in [0.25, 0.3) is 0 Å². The first-order valence-corrected chi connectivity index (χ1v) is 10.8. The van der Waals surface area contributed by atoms with Crippen molar-refractivity contribution in [2.24, 2.45) is 0 Å². The molecule has 1 saturated heterocycles. The molecule has 0 aromatic heterocycles. The van der Waals surface area contributed by atoms with E-state index < -0.39 is 15.8 Å². The van der Waals surface area contributed by atoms with Gasteiger partial charge in [0.2, 0.25) is 15.9 Å². The Labute approximate surface area is 175 Å². The Bertz CT molecular complexity index is 990. The van der Waals surface area contributed by atoms with Crippen LogP contribution in [-0.2, 0) is 14.8 Å². The lowest BCUT2D eigenvalue weighted by atomic mass is 10.2.